The highest BCUT2D eigenvalue weighted by Crippen LogP contribution is 1.85. The van der Waals surface area contributed by atoms with Crippen molar-refractivity contribution >= 4 is 5.97 Å². The van der Waals surface area contributed by atoms with Crippen molar-refractivity contribution in [3.05, 3.63) is 0 Å². The predicted molar refractivity (Wildman–Crippen MR) is 54.6 cm³/mol. The van der Waals surface area contributed by atoms with Gasteiger partial charge in [0.05, 0.1) is 0 Å². The van der Waals surface area contributed by atoms with Crippen molar-refractivity contribution in [1.29, 1.82) is 0 Å². The monoisotopic (exact) mass is 270 g/mol. The van der Waals surface area contributed by atoms with Crippen LogP contribution in [0.1, 0.15) is 6.92 Å². The molecule has 9 nitrogen and oxygen atoms in total. The Morgan fingerprint density at radius 2 is 1.17 bits per heavy atom. The normalized spacial score (nSPS) is 10.6. The van der Waals surface area contributed by atoms with Gasteiger partial charge in [-0.1, -0.05) is 0 Å². The van der Waals surface area contributed by atoms with E-state index >= 15 is 0 Å². The Morgan fingerprint density at radius 3 is 1.56 bits per heavy atom. The minimum Gasteiger partial charge on any atom is -0.439 e. The molecule has 0 amide bonds. The summed E-state index contributed by atoms with van der Waals surface area (Å²) in [5, 5.41) is 8.23. The summed E-state index contributed by atoms with van der Waals surface area (Å²) >= 11 is 0. The number of carbonyl (C=O) groups excluding carboxylic acids is 1. The Hall–Kier alpha value is -0.810. The van der Waals surface area contributed by atoms with Crippen LogP contribution in [0.4, 0.5) is 0 Å². The summed E-state index contributed by atoms with van der Waals surface area (Å²) in [5.41, 5.74) is 0. The molecule has 108 valence electrons. The number of esters is 1. The minimum atomic E-state index is -0.426. The Morgan fingerprint density at radius 1 is 0.778 bits per heavy atom. The topological polar surface area (TPSA) is 102 Å². The van der Waals surface area contributed by atoms with Gasteiger partial charge in [-0.3, -0.25) is 4.79 Å². The summed E-state index contributed by atoms with van der Waals surface area (Å²) in [6, 6.07) is 0. The lowest BCUT2D eigenvalue weighted by atomic mass is 10.8. The largest absolute Gasteiger partial charge is 0.439 e. The first-order chi connectivity index (χ1) is 8.77. The van der Waals surface area contributed by atoms with Crippen LogP contribution in [-0.4, -0.2) is 58.6 Å². The third-order valence-corrected chi connectivity index (χ3v) is 1.27. The molecule has 0 bridgehead atoms. The van der Waals surface area contributed by atoms with E-state index in [0.29, 0.717) is 0 Å². The van der Waals surface area contributed by atoms with Crippen molar-refractivity contribution in [3.63, 3.8) is 0 Å². The highest BCUT2D eigenvalue weighted by molar-refractivity contribution is 5.65. The zero-order chi connectivity index (χ0) is 13.5. The van der Waals surface area contributed by atoms with Crippen LogP contribution in [0.3, 0.4) is 0 Å². The average molecular weight is 270 g/mol. The second-order valence-electron chi connectivity index (χ2n) is 2.70. The number of hydrogen-bond acceptors (Lipinski definition) is 9. The van der Waals surface area contributed by atoms with E-state index in [1.54, 1.807) is 0 Å². The van der Waals surface area contributed by atoms with Crippen LogP contribution in [0.25, 0.3) is 0 Å². The molecule has 0 rings (SSSR count). The molecule has 1 N–H and O–H groups in total. The molecule has 0 spiro atoms. The van der Waals surface area contributed by atoms with Crippen molar-refractivity contribution in [2.45, 2.75) is 6.92 Å². The molecule has 0 aromatic carbocycles. The SMILES string of the molecule is CC(=O)OCOCOCOCOCOCOCO. The van der Waals surface area contributed by atoms with E-state index in [1.165, 1.54) is 6.92 Å². The smallest absolute Gasteiger partial charge is 0.304 e. The van der Waals surface area contributed by atoms with Crippen molar-refractivity contribution in [3.8, 4) is 0 Å². The summed E-state index contributed by atoms with van der Waals surface area (Å²) in [6.45, 7) is 0.505. The molecule has 0 aromatic heterocycles. The van der Waals surface area contributed by atoms with Gasteiger partial charge in [0, 0.05) is 6.92 Å². The fourth-order valence-electron chi connectivity index (χ4n) is 0.627. The van der Waals surface area contributed by atoms with Gasteiger partial charge in [0.15, 0.2) is 40.8 Å². The van der Waals surface area contributed by atoms with Gasteiger partial charge in [-0.25, -0.2) is 0 Å². The molecule has 9 heteroatoms. The highest BCUT2D eigenvalue weighted by atomic mass is 16.8. The van der Waals surface area contributed by atoms with Gasteiger partial charge in [-0.2, -0.15) is 0 Å². The van der Waals surface area contributed by atoms with Crippen LogP contribution in [0, 0.1) is 0 Å². The maximum absolute atomic E-state index is 10.3. The van der Waals surface area contributed by atoms with Crippen molar-refractivity contribution in [1.82, 2.24) is 0 Å². The molecule has 0 aliphatic rings. The Kier molecular flexibility index (Phi) is 13.6. The molecular formula is C9H18O9. The summed E-state index contributed by atoms with van der Waals surface area (Å²) in [5.74, 6) is -0.426. The summed E-state index contributed by atoms with van der Waals surface area (Å²) in [4.78, 5) is 10.3. The van der Waals surface area contributed by atoms with Crippen molar-refractivity contribution in [2.75, 3.05) is 47.6 Å². The zero-order valence-corrected chi connectivity index (χ0v) is 10.2. The molecule has 0 unspecified atom stereocenters. The average Bonchev–Trinajstić information content (AvgIpc) is 2.34. The third-order valence-electron chi connectivity index (χ3n) is 1.27. The van der Waals surface area contributed by atoms with Gasteiger partial charge >= 0.3 is 5.97 Å². The fraction of sp³-hybridized carbons (Fsp3) is 0.889. The molecule has 18 heavy (non-hydrogen) atoms. The number of rotatable bonds is 13. The molecule has 0 radical (unpaired) electrons. The van der Waals surface area contributed by atoms with E-state index in [1.807, 2.05) is 0 Å². The maximum Gasteiger partial charge on any atom is 0.304 e. The Labute approximate surface area is 104 Å². The van der Waals surface area contributed by atoms with E-state index in [4.69, 9.17) is 28.8 Å². The number of hydrogen-bond donors (Lipinski definition) is 1. The lowest BCUT2D eigenvalue weighted by molar-refractivity contribution is -0.218. The standard InChI is InChI=1S/C9H18O9/c1-9(11)18-8-17-7-16-6-15-5-14-4-13-3-12-2-10/h10H,2-8H2,1H3. The molecule has 0 aliphatic carbocycles. The van der Waals surface area contributed by atoms with Gasteiger partial charge < -0.3 is 38.3 Å². The Bertz CT molecular complexity index is 187. The van der Waals surface area contributed by atoms with Gasteiger partial charge in [-0.15, -0.1) is 0 Å². The fourth-order valence-corrected chi connectivity index (χ4v) is 0.627. The zero-order valence-electron chi connectivity index (χ0n) is 10.2. The molecule has 0 atom stereocenters. The number of aliphatic hydroxyl groups is 1. The van der Waals surface area contributed by atoms with E-state index in [-0.39, 0.29) is 40.8 Å². The van der Waals surface area contributed by atoms with Gasteiger partial charge in [0.1, 0.15) is 6.79 Å². The van der Waals surface area contributed by atoms with Crippen LogP contribution in [-0.2, 0) is 38.0 Å². The lowest BCUT2D eigenvalue weighted by Gasteiger charge is -2.07. The van der Waals surface area contributed by atoms with E-state index in [9.17, 15) is 4.79 Å². The number of ether oxygens (including phenoxy) is 7. The van der Waals surface area contributed by atoms with Crippen LogP contribution >= 0.6 is 0 Å². The molecule has 0 saturated heterocycles. The number of aliphatic hydroxyl groups excluding tert-OH is 1. The second-order valence-corrected chi connectivity index (χ2v) is 2.70. The quantitative estimate of drug-likeness (QED) is 0.265. The van der Waals surface area contributed by atoms with E-state index < -0.39 is 12.8 Å². The molecule has 0 fully saturated rings. The number of carbonyl (C=O) groups is 1. The predicted octanol–water partition coefficient (Wildman–Crippen LogP) is -0.656. The molecule has 0 aliphatic heterocycles. The molecular weight excluding hydrogens is 252 g/mol. The van der Waals surface area contributed by atoms with Crippen LogP contribution in [0.5, 0.6) is 0 Å². The second kappa shape index (κ2) is 14.3. The van der Waals surface area contributed by atoms with Crippen LogP contribution in [0.15, 0.2) is 0 Å². The first-order valence-corrected chi connectivity index (χ1v) is 4.98. The van der Waals surface area contributed by atoms with E-state index in [0.717, 1.165) is 0 Å². The van der Waals surface area contributed by atoms with Crippen molar-refractivity contribution < 1.29 is 43.1 Å². The van der Waals surface area contributed by atoms with Gasteiger partial charge in [0.25, 0.3) is 0 Å². The summed E-state index contributed by atoms with van der Waals surface area (Å²) < 4.78 is 33.0. The third kappa shape index (κ3) is 15.2. The van der Waals surface area contributed by atoms with Gasteiger partial charge in [-0.05, 0) is 0 Å². The highest BCUT2D eigenvalue weighted by Gasteiger charge is 1.93. The van der Waals surface area contributed by atoms with Crippen LogP contribution in [0.2, 0.25) is 0 Å². The molecule has 0 aromatic rings. The maximum atomic E-state index is 10.3. The summed E-state index contributed by atoms with van der Waals surface area (Å²) in [7, 11) is 0. The Balaban J connectivity index is 2.92. The lowest BCUT2D eigenvalue weighted by Crippen LogP contribution is -2.11. The van der Waals surface area contributed by atoms with Gasteiger partial charge in [0.2, 0.25) is 0 Å². The first-order valence-electron chi connectivity index (χ1n) is 4.98. The van der Waals surface area contributed by atoms with Crippen molar-refractivity contribution in [2.24, 2.45) is 0 Å². The van der Waals surface area contributed by atoms with E-state index in [2.05, 4.69) is 9.47 Å². The summed E-state index contributed by atoms with van der Waals surface area (Å²) in [6.07, 6.45) is 0. The first kappa shape index (κ1) is 17.2. The minimum absolute atomic E-state index is 0.0247. The van der Waals surface area contributed by atoms with Crippen LogP contribution < -0.4 is 0 Å². The molecule has 0 saturated carbocycles. The molecule has 0 heterocycles.